The molecule has 0 aromatic heterocycles. The average molecular weight is 285 g/mol. The van der Waals surface area contributed by atoms with Crippen molar-refractivity contribution in [1.82, 2.24) is 0 Å². The maximum absolute atomic E-state index is 5.79. The van der Waals surface area contributed by atoms with Crippen LogP contribution in [0.5, 0.6) is 11.5 Å². The van der Waals surface area contributed by atoms with Crippen LogP contribution in [0.15, 0.2) is 42.5 Å². The van der Waals surface area contributed by atoms with Gasteiger partial charge in [-0.3, -0.25) is 0 Å². The topological polar surface area (TPSA) is 30.5 Å². The second kappa shape index (κ2) is 7.58. The summed E-state index contributed by atoms with van der Waals surface area (Å²) < 4.78 is 11.3. The molecule has 3 heteroatoms. The molecule has 0 aliphatic heterocycles. The van der Waals surface area contributed by atoms with Gasteiger partial charge in [0.25, 0.3) is 0 Å². The van der Waals surface area contributed by atoms with E-state index in [4.69, 9.17) is 9.47 Å². The minimum Gasteiger partial charge on any atom is -0.490 e. The van der Waals surface area contributed by atoms with Crippen molar-refractivity contribution in [3.05, 3.63) is 53.6 Å². The lowest BCUT2D eigenvalue weighted by molar-refractivity contribution is 0.284. The zero-order chi connectivity index (χ0) is 15.1. The molecular formula is C18H23NO2. The summed E-state index contributed by atoms with van der Waals surface area (Å²) in [5.74, 6) is 1.59. The highest BCUT2D eigenvalue weighted by molar-refractivity contribution is 5.51. The Morgan fingerprint density at radius 1 is 0.952 bits per heavy atom. The quantitative estimate of drug-likeness (QED) is 0.774. The Hall–Kier alpha value is -2.16. The van der Waals surface area contributed by atoms with E-state index in [1.54, 1.807) is 0 Å². The monoisotopic (exact) mass is 285 g/mol. The Morgan fingerprint density at radius 3 is 2.33 bits per heavy atom. The van der Waals surface area contributed by atoms with Crippen molar-refractivity contribution >= 4 is 5.69 Å². The second-order valence-corrected chi connectivity index (χ2v) is 4.97. The molecule has 0 spiro atoms. The van der Waals surface area contributed by atoms with Gasteiger partial charge in [-0.2, -0.15) is 0 Å². The third-order valence-corrected chi connectivity index (χ3v) is 3.21. The summed E-state index contributed by atoms with van der Waals surface area (Å²) in [5, 5.41) is 3.40. The van der Waals surface area contributed by atoms with Crippen molar-refractivity contribution in [3.63, 3.8) is 0 Å². The molecule has 112 valence electrons. The minimum atomic E-state index is 0.595. The van der Waals surface area contributed by atoms with Crippen molar-refractivity contribution in [2.24, 2.45) is 0 Å². The molecule has 2 rings (SSSR count). The third kappa shape index (κ3) is 4.42. The molecule has 0 heterocycles. The van der Waals surface area contributed by atoms with Crippen LogP contribution in [0.25, 0.3) is 0 Å². The van der Waals surface area contributed by atoms with Gasteiger partial charge in [0.2, 0.25) is 0 Å². The van der Waals surface area contributed by atoms with Gasteiger partial charge in [-0.15, -0.1) is 0 Å². The number of rotatable bonds is 7. The van der Waals surface area contributed by atoms with Crippen molar-refractivity contribution in [3.8, 4) is 11.5 Å². The molecule has 0 aliphatic rings. The number of ether oxygens (including phenoxy) is 2. The van der Waals surface area contributed by atoms with Gasteiger partial charge >= 0.3 is 0 Å². The normalized spacial score (nSPS) is 10.2. The first kappa shape index (κ1) is 15.2. The molecule has 3 nitrogen and oxygen atoms in total. The maximum atomic E-state index is 5.79. The lowest BCUT2D eigenvalue weighted by atomic mass is 10.1. The van der Waals surface area contributed by atoms with Crippen molar-refractivity contribution in [2.45, 2.75) is 20.8 Å². The highest BCUT2D eigenvalue weighted by atomic mass is 16.5. The van der Waals surface area contributed by atoms with Crippen molar-refractivity contribution < 1.29 is 9.47 Å². The molecule has 0 aliphatic carbocycles. The predicted octanol–water partition coefficient (Wildman–Crippen LogP) is 4.19. The maximum Gasteiger partial charge on any atom is 0.161 e. The highest BCUT2D eigenvalue weighted by Gasteiger charge is 2.03. The summed E-state index contributed by atoms with van der Waals surface area (Å²) in [6, 6.07) is 14.2. The van der Waals surface area contributed by atoms with Gasteiger partial charge in [-0.05, 0) is 44.5 Å². The van der Waals surface area contributed by atoms with E-state index in [-0.39, 0.29) is 0 Å². The fraction of sp³-hybridized carbons (Fsp3) is 0.333. The number of hydrogen-bond acceptors (Lipinski definition) is 3. The fourth-order valence-electron chi connectivity index (χ4n) is 2.20. The minimum absolute atomic E-state index is 0.595. The third-order valence-electron chi connectivity index (χ3n) is 3.21. The molecule has 0 atom stereocenters. The van der Waals surface area contributed by atoms with E-state index in [0.29, 0.717) is 13.2 Å². The SMILES string of the molecule is CCOc1ccccc1OCCNc1ccc(C)cc1C. The summed E-state index contributed by atoms with van der Waals surface area (Å²) in [7, 11) is 0. The van der Waals surface area contributed by atoms with Crippen LogP contribution in [-0.2, 0) is 0 Å². The molecule has 0 unspecified atom stereocenters. The zero-order valence-corrected chi connectivity index (χ0v) is 13.0. The number of hydrogen-bond donors (Lipinski definition) is 1. The van der Waals surface area contributed by atoms with Crippen LogP contribution in [0.2, 0.25) is 0 Å². The first-order valence-corrected chi connectivity index (χ1v) is 7.36. The number of para-hydroxylation sites is 2. The molecule has 0 radical (unpaired) electrons. The Labute approximate surface area is 126 Å². The lowest BCUT2D eigenvalue weighted by Crippen LogP contribution is -2.12. The first-order chi connectivity index (χ1) is 10.2. The number of anilines is 1. The molecule has 21 heavy (non-hydrogen) atoms. The van der Waals surface area contributed by atoms with Crippen LogP contribution in [0, 0.1) is 13.8 Å². The molecule has 1 N–H and O–H groups in total. The number of benzene rings is 2. The van der Waals surface area contributed by atoms with Crippen LogP contribution in [0.3, 0.4) is 0 Å². The van der Waals surface area contributed by atoms with Crippen LogP contribution in [0.1, 0.15) is 18.1 Å². The van der Waals surface area contributed by atoms with E-state index in [1.165, 1.54) is 11.1 Å². The van der Waals surface area contributed by atoms with E-state index in [9.17, 15) is 0 Å². The second-order valence-electron chi connectivity index (χ2n) is 4.97. The smallest absolute Gasteiger partial charge is 0.161 e. The molecule has 2 aromatic carbocycles. The van der Waals surface area contributed by atoms with E-state index in [1.807, 2.05) is 31.2 Å². The van der Waals surface area contributed by atoms with Crippen molar-refractivity contribution in [1.29, 1.82) is 0 Å². The van der Waals surface area contributed by atoms with Gasteiger partial charge in [0.05, 0.1) is 6.61 Å². The highest BCUT2D eigenvalue weighted by Crippen LogP contribution is 2.26. The summed E-state index contributed by atoms with van der Waals surface area (Å²) in [4.78, 5) is 0. The Bertz CT molecular complexity index is 581. The molecule has 0 saturated heterocycles. The van der Waals surface area contributed by atoms with Crippen LogP contribution in [0.4, 0.5) is 5.69 Å². The van der Waals surface area contributed by atoms with E-state index >= 15 is 0 Å². The molecule has 2 aromatic rings. The number of nitrogens with one attached hydrogen (secondary N) is 1. The molecule has 0 amide bonds. The van der Waals surface area contributed by atoms with Gasteiger partial charge in [0, 0.05) is 12.2 Å². The standard InChI is InChI=1S/C18H23NO2/c1-4-20-17-7-5-6-8-18(17)21-12-11-19-16-10-9-14(2)13-15(16)3/h5-10,13,19H,4,11-12H2,1-3H3. The van der Waals surface area contributed by atoms with E-state index in [0.717, 1.165) is 23.7 Å². The van der Waals surface area contributed by atoms with Gasteiger partial charge < -0.3 is 14.8 Å². The predicted molar refractivity (Wildman–Crippen MR) is 87.5 cm³/mol. The van der Waals surface area contributed by atoms with E-state index in [2.05, 4.69) is 37.4 Å². The largest absolute Gasteiger partial charge is 0.490 e. The molecule has 0 bridgehead atoms. The fourth-order valence-corrected chi connectivity index (χ4v) is 2.20. The van der Waals surface area contributed by atoms with Crippen LogP contribution in [-0.4, -0.2) is 19.8 Å². The summed E-state index contributed by atoms with van der Waals surface area (Å²) in [6.45, 7) is 8.17. The zero-order valence-electron chi connectivity index (χ0n) is 13.0. The lowest BCUT2D eigenvalue weighted by Gasteiger charge is -2.13. The Balaban J connectivity index is 1.84. The number of aryl methyl sites for hydroxylation is 2. The molecule has 0 saturated carbocycles. The van der Waals surface area contributed by atoms with Crippen LogP contribution < -0.4 is 14.8 Å². The summed E-state index contributed by atoms with van der Waals surface area (Å²) >= 11 is 0. The Kier molecular flexibility index (Phi) is 5.50. The van der Waals surface area contributed by atoms with Gasteiger partial charge in [-0.25, -0.2) is 0 Å². The molecular weight excluding hydrogens is 262 g/mol. The van der Waals surface area contributed by atoms with Crippen LogP contribution >= 0.6 is 0 Å². The summed E-state index contributed by atoms with van der Waals surface area (Å²) in [5.41, 5.74) is 3.69. The first-order valence-electron chi connectivity index (χ1n) is 7.36. The molecule has 0 fully saturated rings. The van der Waals surface area contributed by atoms with E-state index < -0.39 is 0 Å². The summed E-state index contributed by atoms with van der Waals surface area (Å²) in [6.07, 6.45) is 0. The van der Waals surface area contributed by atoms with Gasteiger partial charge in [0.1, 0.15) is 6.61 Å². The van der Waals surface area contributed by atoms with Gasteiger partial charge in [0.15, 0.2) is 11.5 Å². The van der Waals surface area contributed by atoms with Crippen molar-refractivity contribution in [2.75, 3.05) is 25.1 Å². The van der Waals surface area contributed by atoms with Gasteiger partial charge in [-0.1, -0.05) is 29.8 Å². The Morgan fingerprint density at radius 2 is 1.67 bits per heavy atom. The average Bonchev–Trinajstić information content (AvgIpc) is 2.47.